The first-order valence-electron chi connectivity index (χ1n) is 5.58. The summed E-state index contributed by atoms with van der Waals surface area (Å²) in [7, 11) is 0. The summed E-state index contributed by atoms with van der Waals surface area (Å²) in [5, 5.41) is 0. The molecule has 1 rings (SSSR count). The van der Waals surface area contributed by atoms with E-state index in [1.54, 1.807) is 6.08 Å². The normalized spacial score (nSPS) is 17.7. The molecule has 0 amide bonds. The second-order valence-corrected chi connectivity index (χ2v) is 4.27. The topological polar surface area (TPSA) is 17.1 Å². The van der Waals surface area contributed by atoms with Crippen molar-refractivity contribution in [2.45, 2.75) is 52.4 Å². The zero-order chi connectivity index (χ0) is 10.4. The SMILES string of the molecule is CC(C)=CC(=O)C1=CCCCCCC1. The van der Waals surface area contributed by atoms with Crippen LogP contribution in [0, 0.1) is 0 Å². The van der Waals surface area contributed by atoms with E-state index >= 15 is 0 Å². The van der Waals surface area contributed by atoms with Crippen LogP contribution in [0.1, 0.15) is 52.4 Å². The van der Waals surface area contributed by atoms with Gasteiger partial charge in [-0.25, -0.2) is 0 Å². The smallest absolute Gasteiger partial charge is 0.181 e. The highest BCUT2D eigenvalue weighted by molar-refractivity contribution is 6.04. The standard InChI is InChI=1S/C13H20O/c1-11(2)10-13(14)12-8-6-4-3-5-7-9-12/h8,10H,3-7,9H2,1-2H3. The fourth-order valence-corrected chi connectivity index (χ4v) is 1.77. The average Bonchev–Trinajstić information content (AvgIpc) is 2.00. The number of carbonyl (C=O) groups excluding carboxylic acids is 1. The number of rotatable bonds is 2. The van der Waals surface area contributed by atoms with Gasteiger partial charge in [0, 0.05) is 0 Å². The first-order chi connectivity index (χ1) is 6.70. The molecular weight excluding hydrogens is 172 g/mol. The molecule has 0 N–H and O–H groups in total. The lowest BCUT2D eigenvalue weighted by Crippen LogP contribution is -2.01. The highest BCUT2D eigenvalue weighted by atomic mass is 16.1. The highest BCUT2D eigenvalue weighted by Gasteiger charge is 2.07. The molecule has 0 aromatic carbocycles. The van der Waals surface area contributed by atoms with Crippen molar-refractivity contribution in [3.05, 3.63) is 23.3 Å². The Hall–Kier alpha value is -0.850. The molecule has 0 unspecified atom stereocenters. The summed E-state index contributed by atoms with van der Waals surface area (Å²) in [4.78, 5) is 11.7. The maximum atomic E-state index is 11.7. The van der Waals surface area contributed by atoms with Crippen LogP contribution in [0.5, 0.6) is 0 Å². The van der Waals surface area contributed by atoms with Crippen molar-refractivity contribution in [3.8, 4) is 0 Å². The predicted molar refractivity (Wildman–Crippen MR) is 60.2 cm³/mol. The van der Waals surface area contributed by atoms with E-state index in [4.69, 9.17) is 0 Å². The van der Waals surface area contributed by atoms with E-state index < -0.39 is 0 Å². The van der Waals surface area contributed by atoms with Crippen LogP contribution < -0.4 is 0 Å². The van der Waals surface area contributed by atoms with Crippen molar-refractivity contribution in [3.63, 3.8) is 0 Å². The molecule has 14 heavy (non-hydrogen) atoms. The Kier molecular flexibility index (Phi) is 4.64. The maximum Gasteiger partial charge on any atom is 0.181 e. The lowest BCUT2D eigenvalue weighted by Gasteiger charge is -2.08. The molecule has 0 saturated heterocycles. The first-order valence-corrected chi connectivity index (χ1v) is 5.58. The van der Waals surface area contributed by atoms with Gasteiger partial charge in [-0.3, -0.25) is 4.79 Å². The molecule has 0 radical (unpaired) electrons. The molecule has 1 aliphatic carbocycles. The number of ketones is 1. The van der Waals surface area contributed by atoms with Gasteiger partial charge >= 0.3 is 0 Å². The van der Waals surface area contributed by atoms with E-state index in [2.05, 4.69) is 6.08 Å². The molecule has 0 aromatic heterocycles. The first kappa shape index (κ1) is 11.2. The third kappa shape index (κ3) is 3.91. The number of hydrogen-bond acceptors (Lipinski definition) is 1. The van der Waals surface area contributed by atoms with Crippen molar-refractivity contribution in [2.24, 2.45) is 0 Å². The van der Waals surface area contributed by atoms with Crippen LogP contribution in [-0.4, -0.2) is 5.78 Å². The summed E-state index contributed by atoms with van der Waals surface area (Å²) in [6, 6.07) is 0. The lowest BCUT2D eigenvalue weighted by molar-refractivity contribution is -0.111. The summed E-state index contributed by atoms with van der Waals surface area (Å²) >= 11 is 0. The van der Waals surface area contributed by atoms with Crippen LogP contribution in [0.3, 0.4) is 0 Å². The number of hydrogen-bond donors (Lipinski definition) is 0. The van der Waals surface area contributed by atoms with E-state index in [1.165, 1.54) is 25.7 Å². The maximum absolute atomic E-state index is 11.7. The van der Waals surface area contributed by atoms with E-state index in [0.717, 1.165) is 24.0 Å². The van der Waals surface area contributed by atoms with Crippen LogP contribution in [0.2, 0.25) is 0 Å². The van der Waals surface area contributed by atoms with Crippen molar-refractivity contribution in [1.82, 2.24) is 0 Å². The van der Waals surface area contributed by atoms with E-state index in [-0.39, 0.29) is 5.78 Å². The quantitative estimate of drug-likeness (QED) is 0.608. The van der Waals surface area contributed by atoms with Gasteiger partial charge in [0.1, 0.15) is 0 Å². The summed E-state index contributed by atoms with van der Waals surface area (Å²) < 4.78 is 0. The van der Waals surface area contributed by atoms with E-state index in [0.29, 0.717) is 0 Å². The fraction of sp³-hybridized carbons (Fsp3) is 0.615. The number of allylic oxidation sites excluding steroid dienone is 4. The summed E-state index contributed by atoms with van der Waals surface area (Å²) in [5.41, 5.74) is 2.13. The molecule has 0 spiro atoms. The minimum atomic E-state index is 0.229. The molecule has 1 aliphatic rings. The van der Waals surface area contributed by atoms with E-state index in [1.807, 2.05) is 13.8 Å². The van der Waals surface area contributed by atoms with Crippen molar-refractivity contribution in [1.29, 1.82) is 0 Å². The molecule has 1 nitrogen and oxygen atoms in total. The van der Waals surface area contributed by atoms with Gasteiger partial charge in [0.2, 0.25) is 0 Å². The second-order valence-electron chi connectivity index (χ2n) is 4.27. The Morgan fingerprint density at radius 1 is 1.21 bits per heavy atom. The van der Waals surface area contributed by atoms with Crippen LogP contribution in [-0.2, 0) is 4.79 Å². The van der Waals surface area contributed by atoms with Crippen LogP contribution in [0.4, 0.5) is 0 Å². The Labute approximate surface area is 86.9 Å². The molecule has 0 heterocycles. The lowest BCUT2D eigenvalue weighted by atomic mass is 9.96. The van der Waals surface area contributed by atoms with Crippen molar-refractivity contribution < 1.29 is 4.79 Å². The van der Waals surface area contributed by atoms with Gasteiger partial charge < -0.3 is 0 Å². The van der Waals surface area contributed by atoms with Gasteiger partial charge in [0.05, 0.1) is 0 Å². The zero-order valence-corrected chi connectivity index (χ0v) is 9.31. The third-order valence-corrected chi connectivity index (χ3v) is 2.53. The molecule has 1 heteroatoms. The minimum absolute atomic E-state index is 0.229. The third-order valence-electron chi connectivity index (χ3n) is 2.53. The Morgan fingerprint density at radius 3 is 2.64 bits per heavy atom. The highest BCUT2D eigenvalue weighted by Crippen LogP contribution is 2.18. The van der Waals surface area contributed by atoms with Gasteiger partial charge in [-0.2, -0.15) is 0 Å². The Morgan fingerprint density at radius 2 is 1.93 bits per heavy atom. The fourth-order valence-electron chi connectivity index (χ4n) is 1.77. The molecule has 0 aromatic rings. The van der Waals surface area contributed by atoms with Gasteiger partial charge in [-0.05, 0) is 51.2 Å². The second kappa shape index (κ2) is 5.79. The average molecular weight is 192 g/mol. The van der Waals surface area contributed by atoms with Crippen molar-refractivity contribution in [2.75, 3.05) is 0 Å². The van der Waals surface area contributed by atoms with E-state index in [9.17, 15) is 4.79 Å². The van der Waals surface area contributed by atoms with Gasteiger partial charge in [-0.1, -0.05) is 24.5 Å². The van der Waals surface area contributed by atoms with Crippen LogP contribution >= 0.6 is 0 Å². The largest absolute Gasteiger partial charge is 0.290 e. The molecule has 0 saturated carbocycles. The van der Waals surface area contributed by atoms with Gasteiger partial charge in [0.25, 0.3) is 0 Å². The molecule has 0 aliphatic heterocycles. The summed E-state index contributed by atoms with van der Waals surface area (Å²) in [5.74, 6) is 0.229. The van der Waals surface area contributed by atoms with Crippen molar-refractivity contribution >= 4 is 5.78 Å². The Balaban J connectivity index is 2.64. The van der Waals surface area contributed by atoms with Gasteiger partial charge in [-0.15, -0.1) is 0 Å². The van der Waals surface area contributed by atoms with Crippen LogP contribution in [0.25, 0.3) is 0 Å². The minimum Gasteiger partial charge on any atom is -0.290 e. The molecule has 0 fully saturated rings. The van der Waals surface area contributed by atoms with Crippen LogP contribution in [0.15, 0.2) is 23.3 Å². The zero-order valence-electron chi connectivity index (χ0n) is 9.31. The molecule has 78 valence electrons. The van der Waals surface area contributed by atoms with Gasteiger partial charge in [0.15, 0.2) is 5.78 Å². The summed E-state index contributed by atoms with van der Waals surface area (Å²) in [6.45, 7) is 3.95. The monoisotopic (exact) mass is 192 g/mol. The Bertz CT molecular complexity index is 254. The molecular formula is C13H20O. The summed E-state index contributed by atoms with van der Waals surface area (Å²) in [6.07, 6.45) is 11.0. The molecule has 0 bridgehead atoms. The predicted octanol–water partition coefficient (Wildman–Crippen LogP) is 3.80. The molecule has 0 atom stereocenters. The number of carbonyl (C=O) groups is 1.